The van der Waals surface area contributed by atoms with E-state index in [0.717, 1.165) is 22.4 Å². The summed E-state index contributed by atoms with van der Waals surface area (Å²) in [7, 11) is 0. The number of amides is 1. The average Bonchev–Trinajstić information content (AvgIpc) is 2.51. The Morgan fingerprint density at radius 3 is 2.50 bits per heavy atom. The molecule has 0 heterocycles. The maximum absolute atomic E-state index is 12.2. The maximum Gasteiger partial charge on any atom is 0.250 e. The quantitative estimate of drug-likeness (QED) is 0.821. The Labute approximate surface area is 145 Å². The minimum Gasteiger partial charge on any atom is -0.367 e. The fourth-order valence-electron chi connectivity index (χ4n) is 2.78. The van der Waals surface area contributed by atoms with E-state index >= 15 is 0 Å². The zero-order valence-electron chi connectivity index (χ0n) is 15.3. The largest absolute Gasteiger partial charge is 0.367 e. The number of hydrogen-bond acceptors (Lipinski definition) is 2. The summed E-state index contributed by atoms with van der Waals surface area (Å²) in [5.41, 5.74) is 6.67. The van der Waals surface area contributed by atoms with Crippen molar-refractivity contribution < 1.29 is 9.53 Å². The van der Waals surface area contributed by atoms with Crippen LogP contribution >= 0.6 is 0 Å². The third-order valence-electron chi connectivity index (χ3n) is 4.18. The lowest BCUT2D eigenvalue weighted by molar-refractivity contribution is -0.121. The fraction of sp³-hybridized carbons (Fsp3) is 0.381. The minimum absolute atomic E-state index is 0.0547. The molecular formula is C21H27NO2. The summed E-state index contributed by atoms with van der Waals surface area (Å²) in [6, 6.07) is 12.3. The Hall–Kier alpha value is -2.13. The van der Waals surface area contributed by atoms with Crippen molar-refractivity contribution in [1.82, 2.24) is 0 Å². The Balaban J connectivity index is 1.95. The predicted molar refractivity (Wildman–Crippen MR) is 99.5 cm³/mol. The number of anilines is 1. The molecule has 0 fully saturated rings. The number of ether oxygens (including phenoxy) is 1. The predicted octanol–water partition coefficient (Wildman–Crippen LogP) is 4.89. The van der Waals surface area contributed by atoms with Crippen molar-refractivity contribution in [3.8, 4) is 0 Å². The van der Waals surface area contributed by atoms with E-state index in [9.17, 15) is 4.79 Å². The molecule has 0 unspecified atom stereocenters. The van der Waals surface area contributed by atoms with Crippen molar-refractivity contribution >= 4 is 11.6 Å². The molecule has 0 spiro atoms. The van der Waals surface area contributed by atoms with Gasteiger partial charge in [0.2, 0.25) is 5.91 Å². The Morgan fingerprint density at radius 1 is 1.08 bits per heavy atom. The van der Waals surface area contributed by atoms with E-state index in [1.54, 1.807) is 0 Å². The third-order valence-corrected chi connectivity index (χ3v) is 4.18. The molecule has 0 aliphatic rings. The Bertz CT molecular complexity index is 720. The van der Waals surface area contributed by atoms with E-state index in [1.807, 2.05) is 19.1 Å². The number of hydrogen-bond donors (Lipinski definition) is 1. The van der Waals surface area contributed by atoms with Crippen LogP contribution in [0.3, 0.4) is 0 Å². The highest BCUT2D eigenvalue weighted by molar-refractivity contribution is 5.93. The zero-order valence-corrected chi connectivity index (χ0v) is 15.3. The molecule has 0 saturated heterocycles. The highest BCUT2D eigenvalue weighted by Crippen LogP contribution is 2.27. The smallest absolute Gasteiger partial charge is 0.250 e. The first-order valence-electron chi connectivity index (χ1n) is 8.41. The van der Waals surface area contributed by atoms with Crippen LogP contribution in [0.2, 0.25) is 0 Å². The maximum atomic E-state index is 12.2. The van der Waals surface area contributed by atoms with E-state index < -0.39 is 0 Å². The molecule has 3 nitrogen and oxygen atoms in total. The molecule has 3 heteroatoms. The van der Waals surface area contributed by atoms with Crippen LogP contribution in [0.25, 0.3) is 0 Å². The van der Waals surface area contributed by atoms with Gasteiger partial charge >= 0.3 is 0 Å². The van der Waals surface area contributed by atoms with Gasteiger partial charge in [-0.05, 0) is 48.9 Å². The summed E-state index contributed by atoms with van der Waals surface area (Å²) >= 11 is 0. The molecule has 0 atom stereocenters. The van der Waals surface area contributed by atoms with Crippen LogP contribution in [0, 0.1) is 20.8 Å². The van der Waals surface area contributed by atoms with E-state index in [0.29, 0.717) is 12.5 Å². The number of nitrogens with one attached hydrogen (secondary N) is 1. The van der Waals surface area contributed by atoms with E-state index in [-0.39, 0.29) is 12.5 Å². The second kappa shape index (κ2) is 8.11. The fourth-order valence-corrected chi connectivity index (χ4v) is 2.78. The molecule has 2 aromatic rings. The van der Waals surface area contributed by atoms with Crippen molar-refractivity contribution in [2.24, 2.45) is 0 Å². The van der Waals surface area contributed by atoms with Crippen LogP contribution in [0.15, 0.2) is 36.4 Å². The molecule has 2 aromatic carbocycles. The second-order valence-electron chi connectivity index (χ2n) is 6.66. The highest BCUT2D eigenvalue weighted by Gasteiger charge is 2.12. The molecule has 0 saturated carbocycles. The van der Waals surface area contributed by atoms with Crippen LogP contribution in [-0.4, -0.2) is 12.5 Å². The van der Waals surface area contributed by atoms with E-state index in [4.69, 9.17) is 4.74 Å². The molecule has 1 amide bonds. The SMILES string of the molecule is Cc1ccc(COCC(=O)Nc2c(C)cccc2C(C)C)c(C)c1. The normalized spacial score (nSPS) is 10.9. The van der Waals surface area contributed by atoms with Crippen molar-refractivity contribution in [3.05, 3.63) is 64.2 Å². The van der Waals surface area contributed by atoms with Crippen molar-refractivity contribution in [1.29, 1.82) is 0 Å². The monoisotopic (exact) mass is 325 g/mol. The first kappa shape index (κ1) is 18.2. The molecule has 1 N–H and O–H groups in total. The summed E-state index contributed by atoms with van der Waals surface area (Å²) < 4.78 is 5.60. The van der Waals surface area contributed by atoms with Gasteiger partial charge in [0.05, 0.1) is 6.61 Å². The van der Waals surface area contributed by atoms with Gasteiger partial charge in [0.1, 0.15) is 6.61 Å². The van der Waals surface area contributed by atoms with Gasteiger partial charge in [-0.1, -0.05) is 55.8 Å². The molecule has 0 aliphatic heterocycles. The van der Waals surface area contributed by atoms with Gasteiger partial charge in [-0.3, -0.25) is 4.79 Å². The zero-order chi connectivity index (χ0) is 17.7. The molecule has 0 aliphatic carbocycles. The molecule has 24 heavy (non-hydrogen) atoms. The summed E-state index contributed by atoms with van der Waals surface area (Å²) in [5, 5.41) is 3.01. The lowest BCUT2D eigenvalue weighted by atomic mass is 9.98. The third kappa shape index (κ3) is 4.68. The van der Waals surface area contributed by atoms with Gasteiger partial charge in [-0.15, -0.1) is 0 Å². The summed E-state index contributed by atoms with van der Waals surface area (Å²) in [4.78, 5) is 12.2. The van der Waals surface area contributed by atoms with E-state index in [1.165, 1.54) is 11.1 Å². The van der Waals surface area contributed by atoms with E-state index in [2.05, 4.69) is 57.3 Å². The van der Waals surface area contributed by atoms with Crippen molar-refractivity contribution in [3.63, 3.8) is 0 Å². The number of aryl methyl sites for hydroxylation is 3. The van der Waals surface area contributed by atoms with Gasteiger partial charge in [-0.25, -0.2) is 0 Å². The topological polar surface area (TPSA) is 38.3 Å². The molecule has 0 bridgehead atoms. The van der Waals surface area contributed by atoms with Gasteiger partial charge in [-0.2, -0.15) is 0 Å². The van der Waals surface area contributed by atoms with Gasteiger partial charge in [0, 0.05) is 5.69 Å². The number of carbonyl (C=O) groups is 1. The number of benzene rings is 2. The van der Waals surface area contributed by atoms with Crippen molar-refractivity contribution in [2.75, 3.05) is 11.9 Å². The lowest BCUT2D eigenvalue weighted by Gasteiger charge is -2.16. The standard InChI is InChI=1S/C21H27NO2/c1-14(2)19-8-6-7-16(4)21(19)22-20(23)13-24-12-18-10-9-15(3)11-17(18)5/h6-11,14H,12-13H2,1-5H3,(H,22,23). The molecule has 0 radical (unpaired) electrons. The molecule has 128 valence electrons. The van der Waals surface area contributed by atoms with Gasteiger partial charge < -0.3 is 10.1 Å². The average molecular weight is 325 g/mol. The summed E-state index contributed by atoms with van der Waals surface area (Å²) in [6.45, 7) is 10.9. The Kier molecular flexibility index (Phi) is 6.16. The summed E-state index contributed by atoms with van der Waals surface area (Å²) in [5.74, 6) is 0.243. The molecule has 2 rings (SSSR count). The van der Waals surface area contributed by atoms with Gasteiger partial charge in [0.15, 0.2) is 0 Å². The van der Waals surface area contributed by atoms with Crippen LogP contribution < -0.4 is 5.32 Å². The molecule has 0 aromatic heterocycles. The molecular weight excluding hydrogens is 298 g/mol. The number of para-hydroxylation sites is 1. The number of rotatable bonds is 6. The Morgan fingerprint density at radius 2 is 1.83 bits per heavy atom. The highest BCUT2D eigenvalue weighted by atomic mass is 16.5. The first-order chi connectivity index (χ1) is 11.4. The second-order valence-corrected chi connectivity index (χ2v) is 6.66. The van der Waals surface area contributed by atoms with Crippen LogP contribution in [0.5, 0.6) is 0 Å². The van der Waals surface area contributed by atoms with Crippen molar-refractivity contribution in [2.45, 2.75) is 47.1 Å². The first-order valence-corrected chi connectivity index (χ1v) is 8.41. The van der Waals surface area contributed by atoms with Crippen LogP contribution in [0.4, 0.5) is 5.69 Å². The lowest BCUT2D eigenvalue weighted by Crippen LogP contribution is -2.20. The number of carbonyl (C=O) groups excluding carboxylic acids is 1. The van der Waals surface area contributed by atoms with Crippen LogP contribution in [-0.2, 0) is 16.1 Å². The van der Waals surface area contributed by atoms with Gasteiger partial charge in [0.25, 0.3) is 0 Å². The van der Waals surface area contributed by atoms with Crippen LogP contribution in [0.1, 0.15) is 47.6 Å². The summed E-state index contributed by atoms with van der Waals surface area (Å²) in [6.07, 6.45) is 0. The minimum atomic E-state index is -0.115.